The van der Waals surface area contributed by atoms with Gasteiger partial charge in [-0.2, -0.15) is 8.87 Å². The maximum absolute atomic E-state index is 12.8. The first kappa shape index (κ1) is 21.1. The standard InChI is InChI=1S/C20H27N3O3S/c1-6-23(7-2)27(25,26)19-13-18(11-10-16(19)4)21-20(24)14-22-12-8-9-15(3)17(22)5/h8-13H,6-7,14H2,1-5H3/p+1. The van der Waals surface area contributed by atoms with Crippen LogP contribution in [-0.2, 0) is 21.4 Å². The van der Waals surface area contributed by atoms with Crippen molar-refractivity contribution in [3.05, 3.63) is 53.3 Å². The van der Waals surface area contributed by atoms with Gasteiger partial charge < -0.3 is 5.32 Å². The number of hydrogen-bond donors (Lipinski definition) is 1. The van der Waals surface area contributed by atoms with Crippen molar-refractivity contribution in [1.82, 2.24) is 4.31 Å². The Morgan fingerprint density at radius 2 is 1.74 bits per heavy atom. The Morgan fingerprint density at radius 3 is 2.37 bits per heavy atom. The van der Waals surface area contributed by atoms with E-state index < -0.39 is 10.0 Å². The van der Waals surface area contributed by atoms with Gasteiger partial charge in [0.1, 0.15) is 0 Å². The first-order chi connectivity index (χ1) is 12.7. The number of rotatable bonds is 7. The van der Waals surface area contributed by atoms with E-state index in [1.807, 2.05) is 50.6 Å². The molecule has 0 atom stereocenters. The van der Waals surface area contributed by atoms with E-state index >= 15 is 0 Å². The number of nitrogens with one attached hydrogen (secondary N) is 1. The van der Waals surface area contributed by atoms with Gasteiger partial charge in [0.2, 0.25) is 16.6 Å². The van der Waals surface area contributed by atoms with Crippen LogP contribution >= 0.6 is 0 Å². The summed E-state index contributed by atoms with van der Waals surface area (Å²) < 4.78 is 28.9. The third-order valence-corrected chi connectivity index (χ3v) is 6.91. The summed E-state index contributed by atoms with van der Waals surface area (Å²) in [6, 6.07) is 8.87. The third kappa shape index (κ3) is 4.73. The summed E-state index contributed by atoms with van der Waals surface area (Å²) in [6.07, 6.45) is 1.85. The maximum atomic E-state index is 12.8. The van der Waals surface area contributed by atoms with Gasteiger partial charge >= 0.3 is 0 Å². The summed E-state index contributed by atoms with van der Waals surface area (Å²) in [5.74, 6) is -0.205. The molecule has 27 heavy (non-hydrogen) atoms. The molecule has 0 saturated heterocycles. The zero-order valence-corrected chi connectivity index (χ0v) is 17.4. The second-order valence-electron chi connectivity index (χ2n) is 6.52. The van der Waals surface area contributed by atoms with Crippen LogP contribution in [0.25, 0.3) is 0 Å². The molecular weight excluding hydrogens is 362 g/mol. The molecule has 146 valence electrons. The molecule has 0 spiro atoms. The summed E-state index contributed by atoms with van der Waals surface area (Å²) in [5, 5.41) is 2.81. The van der Waals surface area contributed by atoms with Crippen molar-refractivity contribution in [2.24, 2.45) is 0 Å². The molecule has 0 unspecified atom stereocenters. The van der Waals surface area contributed by atoms with Gasteiger partial charge in [-0.05, 0) is 37.6 Å². The lowest BCUT2D eigenvalue weighted by molar-refractivity contribution is -0.690. The minimum atomic E-state index is -3.58. The van der Waals surface area contributed by atoms with Crippen molar-refractivity contribution < 1.29 is 17.8 Å². The van der Waals surface area contributed by atoms with E-state index in [-0.39, 0.29) is 17.3 Å². The molecule has 0 aliphatic carbocycles. The van der Waals surface area contributed by atoms with Gasteiger partial charge in [-0.3, -0.25) is 4.79 Å². The number of sulfonamides is 1. The molecule has 6 nitrogen and oxygen atoms in total. The van der Waals surface area contributed by atoms with Crippen LogP contribution in [-0.4, -0.2) is 31.7 Å². The van der Waals surface area contributed by atoms with Crippen molar-refractivity contribution in [3.63, 3.8) is 0 Å². The highest BCUT2D eigenvalue weighted by atomic mass is 32.2. The number of carbonyl (C=O) groups excluding carboxylic acids is 1. The topological polar surface area (TPSA) is 70.4 Å². The number of carbonyl (C=O) groups is 1. The summed E-state index contributed by atoms with van der Waals surface area (Å²) in [6.45, 7) is 10.3. The zero-order valence-electron chi connectivity index (χ0n) is 16.6. The van der Waals surface area contributed by atoms with Crippen LogP contribution in [0.15, 0.2) is 41.4 Å². The zero-order chi connectivity index (χ0) is 20.2. The van der Waals surface area contributed by atoms with E-state index in [9.17, 15) is 13.2 Å². The molecule has 0 aliphatic rings. The molecule has 1 N–H and O–H groups in total. The lowest BCUT2D eigenvalue weighted by Gasteiger charge is -2.20. The second kappa shape index (κ2) is 8.63. The minimum absolute atomic E-state index is 0.166. The molecule has 0 saturated carbocycles. The SMILES string of the molecule is CCN(CC)S(=O)(=O)c1cc(NC(=O)C[n+]2cccc(C)c2C)ccc1C. The fourth-order valence-electron chi connectivity index (χ4n) is 2.94. The molecule has 0 aliphatic heterocycles. The monoisotopic (exact) mass is 390 g/mol. The molecule has 0 bridgehead atoms. The Morgan fingerprint density at radius 1 is 1.07 bits per heavy atom. The molecule has 2 aromatic rings. The van der Waals surface area contributed by atoms with Crippen LogP contribution in [0.3, 0.4) is 0 Å². The average Bonchev–Trinajstić information content (AvgIpc) is 2.61. The van der Waals surface area contributed by atoms with Crippen LogP contribution in [0.2, 0.25) is 0 Å². The van der Waals surface area contributed by atoms with E-state index in [4.69, 9.17) is 0 Å². The quantitative estimate of drug-likeness (QED) is 0.739. The van der Waals surface area contributed by atoms with Crippen molar-refractivity contribution in [2.45, 2.75) is 46.1 Å². The predicted molar refractivity (Wildman–Crippen MR) is 106 cm³/mol. The Hall–Kier alpha value is -2.25. The molecular formula is C20H28N3O3S+. The fraction of sp³-hybridized carbons (Fsp3) is 0.400. The number of hydrogen-bond acceptors (Lipinski definition) is 3. The Labute approximate surface area is 161 Å². The van der Waals surface area contributed by atoms with Gasteiger partial charge in [-0.15, -0.1) is 0 Å². The van der Waals surface area contributed by atoms with Crippen LogP contribution in [0, 0.1) is 20.8 Å². The molecule has 0 radical (unpaired) electrons. The van der Waals surface area contributed by atoms with Crippen molar-refractivity contribution in [3.8, 4) is 0 Å². The molecule has 2 rings (SSSR count). The number of pyridine rings is 1. The first-order valence-electron chi connectivity index (χ1n) is 9.07. The van der Waals surface area contributed by atoms with Crippen LogP contribution in [0.1, 0.15) is 30.7 Å². The van der Waals surface area contributed by atoms with Gasteiger partial charge in [0.15, 0.2) is 11.9 Å². The number of aryl methyl sites for hydroxylation is 2. The van der Waals surface area contributed by atoms with E-state index in [1.54, 1.807) is 19.1 Å². The van der Waals surface area contributed by atoms with Crippen LogP contribution in [0.4, 0.5) is 5.69 Å². The Kier molecular flexibility index (Phi) is 6.73. The maximum Gasteiger partial charge on any atom is 0.290 e. The molecule has 1 aromatic heterocycles. The van der Waals surface area contributed by atoms with E-state index in [2.05, 4.69) is 5.32 Å². The number of benzene rings is 1. The number of aromatic nitrogens is 1. The van der Waals surface area contributed by atoms with E-state index in [1.165, 1.54) is 10.4 Å². The van der Waals surface area contributed by atoms with Gasteiger partial charge in [-0.25, -0.2) is 8.42 Å². The average molecular weight is 391 g/mol. The predicted octanol–water partition coefficient (Wildman–Crippen LogP) is 2.57. The van der Waals surface area contributed by atoms with Crippen LogP contribution in [0.5, 0.6) is 0 Å². The summed E-state index contributed by atoms with van der Waals surface area (Å²) in [5.41, 5.74) is 3.25. The van der Waals surface area contributed by atoms with Crippen molar-refractivity contribution in [1.29, 1.82) is 0 Å². The number of nitrogens with zero attached hydrogens (tertiary/aromatic N) is 2. The highest BCUT2D eigenvalue weighted by Gasteiger charge is 2.24. The molecule has 1 aromatic carbocycles. The van der Waals surface area contributed by atoms with Crippen molar-refractivity contribution in [2.75, 3.05) is 18.4 Å². The fourth-order valence-corrected chi connectivity index (χ4v) is 4.64. The highest BCUT2D eigenvalue weighted by molar-refractivity contribution is 7.89. The smallest absolute Gasteiger partial charge is 0.290 e. The van der Waals surface area contributed by atoms with Gasteiger partial charge in [0.25, 0.3) is 5.91 Å². The second-order valence-corrected chi connectivity index (χ2v) is 8.43. The van der Waals surface area contributed by atoms with Crippen molar-refractivity contribution >= 4 is 21.6 Å². The number of anilines is 1. The van der Waals surface area contributed by atoms with Gasteiger partial charge in [-0.1, -0.05) is 19.9 Å². The summed E-state index contributed by atoms with van der Waals surface area (Å²) >= 11 is 0. The lowest BCUT2D eigenvalue weighted by atomic mass is 10.2. The first-order valence-corrected chi connectivity index (χ1v) is 10.5. The third-order valence-electron chi connectivity index (χ3n) is 4.72. The number of amides is 1. The van der Waals surface area contributed by atoms with E-state index in [0.29, 0.717) is 24.3 Å². The molecule has 0 fully saturated rings. The molecule has 7 heteroatoms. The lowest BCUT2D eigenvalue weighted by Crippen LogP contribution is -2.43. The van der Waals surface area contributed by atoms with Gasteiger partial charge in [0.05, 0.1) is 4.90 Å². The normalized spacial score (nSPS) is 11.6. The molecule has 1 heterocycles. The Bertz CT molecular complexity index is 935. The minimum Gasteiger partial charge on any atom is -0.321 e. The van der Waals surface area contributed by atoms with E-state index in [0.717, 1.165) is 11.3 Å². The Balaban J connectivity index is 2.25. The summed E-state index contributed by atoms with van der Waals surface area (Å²) in [7, 11) is -3.58. The summed E-state index contributed by atoms with van der Waals surface area (Å²) in [4.78, 5) is 12.7. The van der Waals surface area contributed by atoms with Gasteiger partial charge in [0, 0.05) is 37.3 Å². The largest absolute Gasteiger partial charge is 0.321 e. The van der Waals surface area contributed by atoms with Crippen LogP contribution < -0.4 is 9.88 Å². The molecule has 1 amide bonds. The highest BCUT2D eigenvalue weighted by Crippen LogP contribution is 2.23.